The van der Waals surface area contributed by atoms with Crippen LogP contribution >= 0.6 is 23.2 Å². The number of nitrogens with one attached hydrogen (secondary N) is 1. The van der Waals surface area contributed by atoms with Gasteiger partial charge >= 0.3 is 6.18 Å². The molecule has 0 fully saturated rings. The topological polar surface area (TPSA) is 29.1 Å². The van der Waals surface area contributed by atoms with Crippen molar-refractivity contribution < 1.29 is 18.0 Å². The molecule has 0 atom stereocenters. The van der Waals surface area contributed by atoms with Gasteiger partial charge < -0.3 is 5.32 Å². The van der Waals surface area contributed by atoms with E-state index in [9.17, 15) is 18.0 Å². The van der Waals surface area contributed by atoms with E-state index in [1.165, 1.54) is 18.3 Å². The Labute approximate surface area is 140 Å². The maximum absolute atomic E-state index is 12.7. The van der Waals surface area contributed by atoms with Crippen molar-refractivity contribution in [3.8, 4) is 0 Å². The monoisotopic (exact) mass is 359 g/mol. The number of halogens is 5. The van der Waals surface area contributed by atoms with Crippen LogP contribution in [0.3, 0.4) is 0 Å². The van der Waals surface area contributed by atoms with E-state index >= 15 is 0 Å². The van der Waals surface area contributed by atoms with Crippen LogP contribution in [0.2, 0.25) is 10.0 Å². The van der Waals surface area contributed by atoms with Crippen molar-refractivity contribution in [3.05, 3.63) is 75.9 Å². The van der Waals surface area contributed by atoms with Gasteiger partial charge in [-0.1, -0.05) is 23.2 Å². The molecule has 0 spiro atoms. The number of allylic oxidation sites excluding steroid dienone is 1. The summed E-state index contributed by atoms with van der Waals surface area (Å²) in [6.07, 6.45) is -2.07. The van der Waals surface area contributed by atoms with Crippen LogP contribution in [0.25, 0.3) is 0 Å². The number of rotatable bonds is 4. The second-order valence-electron chi connectivity index (χ2n) is 4.54. The predicted molar refractivity (Wildman–Crippen MR) is 85.0 cm³/mol. The van der Waals surface area contributed by atoms with E-state index in [-0.39, 0.29) is 16.5 Å². The number of carbonyl (C=O) groups excluding carboxylic acids is 1. The van der Waals surface area contributed by atoms with Gasteiger partial charge in [0.1, 0.15) is 0 Å². The van der Waals surface area contributed by atoms with Gasteiger partial charge in [-0.05, 0) is 42.5 Å². The first-order valence-electron chi connectivity index (χ1n) is 6.37. The average molecular weight is 360 g/mol. The normalized spacial score (nSPS) is 11.7. The Kier molecular flexibility index (Phi) is 5.34. The molecule has 0 aliphatic rings. The molecule has 0 saturated carbocycles. The third kappa shape index (κ3) is 4.74. The van der Waals surface area contributed by atoms with Crippen LogP contribution in [0.1, 0.15) is 15.9 Å². The Morgan fingerprint density at radius 1 is 1.04 bits per heavy atom. The summed E-state index contributed by atoms with van der Waals surface area (Å²) in [5.41, 5.74) is -0.358. The number of ketones is 1. The second-order valence-corrected chi connectivity index (χ2v) is 5.38. The highest BCUT2D eigenvalue weighted by molar-refractivity contribution is 6.31. The number of hydrogen-bond acceptors (Lipinski definition) is 2. The molecule has 0 aromatic heterocycles. The van der Waals surface area contributed by atoms with Gasteiger partial charge in [0, 0.05) is 28.5 Å². The fraction of sp³-hybridized carbons (Fsp3) is 0.0625. The van der Waals surface area contributed by atoms with Crippen molar-refractivity contribution in [2.75, 3.05) is 5.32 Å². The van der Waals surface area contributed by atoms with E-state index in [1.807, 2.05) is 0 Å². The summed E-state index contributed by atoms with van der Waals surface area (Å²) < 4.78 is 38.2. The van der Waals surface area contributed by atoms with Crippen molar-refractivity contribution in [3.63, 3.8) is 0 Å². The first kappa shape index (κ1) is 17.4. The minimum absolute atomic E-state index is 0.168. The van der Waals surface area contributed by atoms with E-state index in [0.717, 1.165) is 12.1 Å². The summed E-state index contributed by atoms with van der Waals surface area (Å²) in [4.78, 5) is 11.9. The molecule has 7 heteroatoms. The smallest absolute Gasteiger partial charge is 0.362 e. The van der Waals surface area contributed by atoms with Crippen molar-refractivity contribution in [1.82, 2.24) is 0 Å². The Morgan fingerprint density at radius 3 is 2.30 bits per heavy atom. The number of carbonyl (C=O) groups is 1. The van der Waals surface area contributed by atoms with Crippen molar-refractivity contribution in [1.29, 1.82) is 0 Å². The van der Waals surface area contributed by atoms with Gasteiger partial charge in [0.25, 0.3) is 0 Å². The van der Waals surface area contributed by atoms with Gasteiger partial charge in [-0.15, -0.1) is 0 Å². The molecule has 2 aromatic carbocycles. The molecule has 0 radical (unpaired) electrons. The summed E-state index contributed by atoms with van der Waals surface area (Å²) in [5, 5.41) is 2.73. The summed E-state index contributed by atoms with van der Waals surface area (Å²) >= 11 is 11.2. The van der Waals surface area contributed by atoms with Crippen LogP contribution in [-0.4, -0.2) is 5.78 Å². The molecule has 0 aliphatic carbocycles. The molecular weight excluding hydrogens is 350 g/mol. The second kappa shape index (κ2) is 7.06. The lowest BCUT2D eigenvalue weighted by atomic mass is 10.1. The van der Waals surface area contributed by atoms with Crippen molar-refractivity contribution in [2.45, 2.75) is 6.18 Å². The first-order chi connectivity index (χ1) is 10.8. The predicted octanol–water partition coefficient (Wildman–Crippen LogP) is 5.82. The summed E-state index contributed by atoms with van der Waals surface area (Å²) in [6.45, 7) is 0. The molecule has 2 aromatic rings. The highest BCUT2D eigenvalue weighted by Gasteiger charge is 2.33. The molecule has 0 heterocycles. The molecule has 0 bridgehead atoms. The molecule has 0 saturated heterocycles. The summed E-state index contributed by atoms with van der Waals surface area (Å²) in [5.74, 6) is -0.306. The zero-order valence-electron chi connectivity index (χ0n) is 11.5. The van der Waals surface area contributed by atoms with Crippen LogP contribution in [0.4, 0.5) is 18.9 Å². The Balaban J connectivity index is 2.08. The maximum Gasteiger partial charge on any atom is 0.417 e. The quantitative estimate of drug-likeness (QED) is 0.550. The van der Waals surface area contributed by atoms with Gasteiger partial charge in [-0.25, -0.2) is 0 Å². The first-order valence-corrected chi connectivity index (χ1v) is 7.13. The standard InChI is InChI=1S/C16H10Cl2F3NO/c17-11-3-1-10(2-4-11)15(23)7-8-22-12-5-6-14(18)13(9-12)16(19,20)21/h1-9,22H/b8-7+. The zero-order chi connectivity index (χ0) is 17.0. The van der Waals surface area contributed by atoms with E-state index in [2.05, 4.69) is 5.32 Å². The summed E-state index contributed by atoms with van der Waals surface area (Å²) in [6, 6.07) is 9.66. The molecule has 2 nitrogen and oxygen atoms in total. The number of anilines is 1. The van der Waals surface area contributed by atoms with E-state index < -0.39 is 11.7 Å². The fourth-order valence-corrected chi connectivity index (χ4v) is 2.11. The van der Waals surface area contributed by atoms with E-state index in [4.69, 9.17) is 23.2 Å². The highest BCUT2D eigenvalue weighted by atomic mass is 35.5. The Morgan fingerprint density at radius 2 is 1.70 bits per heavy atom. The van der Waals surface area contributed by atoms with Crippen molar-refractivity contribution >= 4 is 34.7 Å². The number of alkyl halides is 3. The molecule has 0 amide bonds. The van der Waals surface area contributed by atoms with Gasteiger partial charge in [0.15, 0.2) is 5.78 Å². The lowest BCUT2D eigenvalue weighted by molar-refractivity contribution is -0.137. The SMILES string of the molecule is O=C(/C=C/Nc1ccc(Cl)c(C(F)(F)F)c1)c1ccc(Cl)cc1. The summed E-state index contributed by atoms with van der Waals surface area (Å²) in [7, 11) is 0. The Hall–Kier alpha value is -1.98. The van der Waals surface area contributed by atoms with E-state index in [0.29, 0.717) is 10.6 Å². The molecule has 1 N–H and O–H groups in total. The van der Waals surface area contributed by atoms with Gasteiger partial charge in [-0.3, -0.25) is 4.79 Å². The van der Waals surface area contributed by atoms with E-state index in [1.54, 1.807) is 24.3 Å². The number of benzene rings is 2. The molecule has 0 unspecified atom stereocenters. The van der Waals surface area contributed by atoms with Crippen LogP contribution < -0.4 is 5.32 Å². The fourth-order valence-electron chi connectivity index (χ4n) is 1.76. The van der Waals surface area contributed by atoms with Crippen LogP contribution in [0.5, 0.6) is 0 Å². The largest absolute Gasteiger partial charge is 0.417 e. The average Bonchev–Trinajstić information content (AvgIpc) is 2.48. The molecule has 120 valence electrons. The van der Waals surface area contributed by atoms with Gasteiger partial charge in [0.2, 0.25) is 0 Å². The zero-order valence-corrected chi connectivity index (χ0v) is 13.0. The van der Waals surface area contributed by atoms with Crippen LogP contribution in [0.15, 0.2) is 54.7 Å². The van der Waals surface area contributed by atoms with Crippen molar-refractivity contribution in [2.24, 2.45) is 0 Å². The minimum atomic E-state index is -4.54. The maximum atomic E-state index is 12.7. The molecule has 2 rings (SSSR count). The lowest BCUT2D eigenvalue weighted by Crippen LogP contribution is -2.06. The lowest BCUT2D eigenvalue weighted by Gasteiger charge is -2.10. The van der Waals surface area contributed by atoms with Crippen LogP contribution in [0, 0.1) is 0 Å². The van der Waals surface area contributed by atoms with Crippen LogP contribution in [-0.2, 0) is 6.18 Å². The Bertz CT molecular complexity index is 740. The molecular formula is C16H10Cl2F3NO. The van der Waals surface area contributed by atoms with Gasteiger partial charge in [0.05, 0.1) is 10.6 Å². The number of hydrogen-bond donors (Lipinski definition) is 1. The molecule has 0 aliphatic heterocycles. The van der Waals surface area contributed by atoms with Gasteiger partial charge in [-0.2, -0.15) is 13.2 Å². The third-order valence-electron chi connectivity index (χ3n) is 2.89. The molecule has 23 heavy (non-hydrogen) atoms. The highest BCUT2D eigenvalue weighted by Crippen LogP contribution is 2.36. The minimum Gasteiger partial charge on any atom is -0.362 e. The third-order valence-corrected chi connectivity index (χ3v) is 3.47.